The van der Waals surface area contributed by atoms with Gasteiger partial charge in [-0.25, -0.2) is 4.99 Å². The lowest BCUT2D eigenvalue weighted by Gasteiger charge is -2.36. The summed E-state index contributed by atoms with van der Waals surface area (Å²) in [6, 6.07) is 30.8. The van der Waals surface area contributed by atoms with Gasteiger partial charge in [0, 0.05) is 50.4 Å². The summed E-state index contributed by atoms with van der Waals surface area (Å²) in [6.07, 6.45) is 0. The van der Waals surface area contributed by atoms with Gasteiger partial charge in [0.1, 0.15) is 5.71 Å². The van der Waals surface area contributed by atoms with E-state index in [1.165, 1.54) is 5.56 Å². The lowest BCUT2D eigenvalue weighted by atomic mass is 10.1. The summed E-state index contributed by atoms with van der Waals surface area (Å²) in [5.41, 5.74) is 5.52. The number of carbonyl (C=O) groups excluding carboxylic acids is 2. The zero-order valence-corrected chi connectivity index (χ0v) is 24.3. The molecule has 1 fully saturated rings. The van der Waals surface area contributed by atoms with E-state index in [-0.39, 0.29) is 18.6 Å². The summed E-state index contributed by atoms with van der Waals surface area (Å²) >= 11 is 0. The van der Waals surface area contributed by atoms with Gasteiger partial charge in [-0.2, -0.15) is 0 Å². The number of rotatable bonds is 8. The van der Waals surface area contributed by atoms with Gasteiger partial charge in [0.05, 0.1) is 18.0 Å². The first-order valence-corrected chi connectivity index (χ1v) is 14.9. The van der Waals surface area contributed by atoms with Gasteiger partial charge < -0.3 is 14.8 Å². The van der Waals surface area contributed by atoms with Crippen molar-refractivity contribution in [1.82, 2.24) is 15.1 Å². The lowest BCUT2D eigenvalue weighted by molar-refractivity contribution is -0.112. The predicted octanol–water partition coefficient (Wildman–Crippen LogP) is 4.59. The maximum absolute atomic E-state index is 13.7. The summed E-state index contributed by atoms with van der Waals surface area (Å²) in [5.74, 6) is 1.34. The van der Waals surface area contributed by atoms with Crippen LogP contribution >= 0.6 is 0 Å². The van der Waals surface area contributed by atoms with Crippen LogP contribution < -0.4 is 19.7 Å². The van der Waals surface area contributed by atoms with Crippen molar-refractivity contribution in [3.63, 3.8) is 0 Å². The average molecular weight is 588 g/mol. The Kier molecular flexibility index (Phi) is 7.79. The molecule has 0 spiro atoms. The van der Waals surface area contributed by atoms with Crippen molar-refractivity contribution >= 4 is 28.9 Å². The van der Waals surface area contributed by atoms with E-state index in [1.54, 1.807) is 24.3 Å². The fraction of sp³-hybridized carbons (Fsp3) is 0.229. The quantitative estimate of drug-likeness (QED) is 0.325. The highest BCUT2D eigenvalue weighted by molar-refractivity contribution is 6.54. The molecule has 0 atom stereocenters. The number of para-hydroxylation sites is 1. The van der Waals surface area contributed by atoms with E-state index in [1.807, 2.05) is 65.6 Å². The molecule has 7 rings (SSSR count). The minimum Gasteiger partial charge on any atom is -0.454 e. The van der Waals surface area contributed by atoms with E-state index in [2.05, 4.69) is 27.2 Å². The van der Waals surface area contributed by atoms with E-state index < -0.39 is 0 Å². The van der Waals surface area contributed by atoms with E-state index >= 15 is 0 Å². The number of piperazine rings is 1. The van der Waals surface area contributed by atoms with Crippen LogP contribution in [0.4, 0.5) is 11.4 Å². The average Bonchev–Trinajstić information content (AvgIpc) is 3.64. The molecule has 3 aliphatic rings. The molecule has 44 heavy (non-hydrogen) atoms. The molecule has 0 radical (unpaired) electrons. The zero-order chi connectivity index (χ0) is 29.9. The molecule has 1 N–H and O–H groups in total. The fourth-order valence-corrected chi connectivity index (χ4v) is 5.79. The Bertz CT molecular complexity index is 1700. The Balaban J connectivity index is 0.982. The zero-order valence-electron chi connectivity index (χ0n) is 24.3. The first-order valence-electron chi connectivity index (χ1n) is 14.9. The highest BCUT2D eigenvalue weighted by Gasteiger charge is 2.35. The van der Waals surface area contributed by atoms with Gasteiger partial charge in [0.25, 0.3) is 11.8 Å². The minimum atomic E-state index is -0.155. The van der Waals surface area contributed by atoms with Gasteiger partial charge in [-0.15, -0.1) is 0 Å². The van der Waals surface area contributed by atoms with Crippen LogP contribution in [-0.4, -0.2) is 67.0 Å². The van der Waals surface area contributed by atoms with Crippen molar-refractivity contribution in [2.24, 2.45) is 4.99 Å². The number of benzene rings is 4. The molecule has 222 valence electrons. The Morgan fingerprint density at radius 1 is 0.773 bits per heavy atom. The molecule has 0 saturated carbocycles. The molecule has 0 aliphatic carbocycles. The van der Waals surface area contributed by atoms with Crippen LogP contribution in [0, 0.1) is 0 Å². The van der Waals surface area contributed by atoms with Gasteiger partial charge in [0.2, 0.25) is 6.79 Å². The van der Waals surface area contributed by atoms with Crippen molar-refractivity contribution in [3.05, 3.63) is 119 Å². The molecular weight excluding hydrogens is 554 g/mol. The number of anilines is 1. The third kappa shape index (κ3) is 5.92. The van der Waals surface area contributed by atoms with Crippen molar-refractivity contribution in [2.45, 2.75) is 13.1 Å². The van der Waals surface area contributed by atoms with Crippen LogP contribution in [0.2, 0.25) is 0 Å². The molecule has 0 aromatic heterocycles. The van der Waals surface area contributed by atoms with Gasteiger partial charge in [-0.3, -0.25) is 24.3 Å². The maximum Gasteiger partial charge on any atom is 0.278 e. The van der Waals surface area contributed by atoms with E-state index in [0.717, 1.165) is 61.0 Å². The van der Waals surface area contributed by atoms with Crippen molar-refractivity contribution < 1.29 is 19.1 Å². The number of ether oxygens (including phenoxy) is 2. The normalized spacial score (nSPS) is 17.2. The molecule has 0 unspecified atom stereocenters. The number of hydrogen-bond acceptors (Lipinski definition) is 7. The maximum atomic E-state index is 13.7. The van der Waals surface area contributed by atoms with E-state index in [0.29, 0.717) is 30.2 Å². The third-order valence-corrected chi connectivity index (χ3v) is 8.21. The molecule has 3 heterocycles. The monoisotopic (exact) mass is 587 g/mol. The summed E-state index contributed by atoms with van der Waals surface area (Å²) in [6.45, 7) is 5.62. The van der Waals surface area contributed by atoms with Crippen molar-refractivity contribution in [1.29, 1.82) is 0 Å². The van der Waals surface area contributed by atoms with Crippen LogP contribution in [0.25, 0.3) is 0 Å². The number of aliphatic imine (C=N–C) groups is 1. The van der Waals surface area contributed by atoms with Crippen LogP contribution in [0.3, 0.4) is 0 Å². The molecule has 3 aliphatic heterocycles. The fourth-order valence-electron chi connectivity index (χ4n) is 5.79. The lowest BCUT2D eigenvalue weighted by Crippen LogP contribution is -2.50. The number of nitrogens with zero attached hydrogens (tertiary/aromatic N) is 4. The number of amides is 2. The van der Waals surface area contributed by atoms with Crippen molar-refractivity contribution in [2.75, 3.05) is 44.5 Å². The largest absolute Gasteiger partial charge is 0.454 e. The van der Waals surface area contributed by atoms with Gasteiger partial charge in [-0.1, -0.05) is 54.6 Å². The first-order chi connectivity index (χ1) is 21.6. The third-order valence-electron chi connectivity index (χ3n) is 8.21. The topological polar surface area (TPSA) is 86.7 Å². The predicted molar refractivity (Wildman–Crippen MR) is 168 cm³/mol. The summed E-state index contributed by atoms with van der Waals surface area (Å²) in [5, 5.41) is 2.94. The molecule has 9 nitrogen and oxygen atoms in total. The number of hydrogen-bond donors (Lipinski definition) is 1. The van der Waals surface area contributed by atoms with Crippen LogP contribution in [0.5, 0.6) is 11.5 Å². The SMILES string of the molecule is O=C(NCc1ccccc1)c1ccc(N=C2C(=O)N(CN3CCN(Cc4ccc5c(c4)OCO5)CC3)c3ccccc32)cc1. The summed E-state index contributed by atoms with van der Waals surface area (Å²) < 4.78 is 11.0. The molecule has 0 bridgehead atoms. The van der Waals surface area contributed by atoms with Gasteiger partial charge >= 0.3 is 0 Å². The molecule has 2 amide bonds. The smallest absolute Gasteiger partial charge is 0.278 e. The van der Waals surface area contributed by atoms with Crippen LogP contribution in [0.1, 0.15) is 27.0 Å². The Hall–Kier alpha value is -4.99. The number of fused-ring (bicyclic) bond motifs is 2. The van der Waals surface area contributed by atoms with Crippen LogP contribution in [0.15, 0.2) is 102 Å². The summed E-state index contributed by atoms with van der Waals surface area (Å²) in [4.78, 5) is 37.7. The van der Waals surface area contributed by atoms with Crippen LogP contribution in [-0.2, 0) is 17.9 Å². The standard InChI is InChI=1S/C35H33N5O4/c41-34(36-21-25-6-2-1-3-7-25)27-11-13-28(14-12-27)37-33-29-8-4-5-9-30(29)40(35(33)42)23-39-18-16-38(17-19-39)22-26-10-15-31-32(20-26)44-24-43-31/h1-15,20H,16-19,21-24H2,(H,36,41). The molecule has 1 saturated heterocycles. The van der Waals surface area contributed by atoms with Gasteiger partial charge in [0.15, 0.2) is 11.5 Å². The highest BCUT2D eigenvalue weighted by atomic mass is 16.7. The second kappa shape index (κ2) is 12.3. The van der Waals surface area contributed by atoms with E-state index in [9.17, 15) is 9.59 Å². The Morgan fingerprint density at radius 2 is 1.50 bits per heavy atom. The molecule has 9 heteroatoms. The second-order valence-electron chi connectivity index (χ2n) is 11.1. The number of carbonyl (C=O) groups is 2. The minimum absolute atomic E-state index is 0.112. The number of nitrogens with one attached hydrogen (secondary N) is 1. The Morgan fingerprint density at radius 3 is 2.32 bits per heavy atom. The Labute approximate surface area is 256 Å². The second-order valence-corrected chi connectivity index (χ2v) is 11.1. The first kappa shape index (κ1) is 27.8. The molecule has 4 aromatic rings. The highest BCUT2D eigenvalue weighted by Crippen LogP contribution is 2.33. The molecular formula is C35H33N5O4. The van der Waals surface area contributed by atoms with Crippen molar-refractivity contribution in [3.8, 4) is 11.5 Å². The molecule has 4 aromatic carbocycles. The van der Waals surface area contributed by atoms with Gasteiger partial charge in [-0.05, 0) is 53.6 Å². The van der Waals surface area contributed by atoms with E-state index in [4.69, 9.17) is 14.5 Å². The summed E-state index contributed by atoms with van der Waals surface area (Å²) in [7, 11) is 0.